The number of hydrogen-bond donors (Lipinski definition) is 2. The first-order valence-electron chi connectivity index (χ1n) is 4.13. The van der Waals surface area contributed by atoms with Crippen molar-refractivity contribution in [2.24, 2.45) is 0 Å². The summed E-state index contributed by atoms with van der Waals surface area (Å²) in [6, 6.07) is 1.71. The van der Waals surface area contributed by atoms with Crippen molar-refractivity contribution in [2.75, 3.05) is 0 Å². The number of aryl methyl sites for hydroxylation is 1. The summed E-state index contributed by atoms with van der Waals surface area (Å²) in [4.78, 5) is 0. The van der Waals surface area contributed by atoms with E-state index in [9.17, 15) is 0 Å². The third-order valence-electron chi connectivity index (χ3n) is 1.84. The van der Waals surface area contributed by atoms with E-state index in [2.05, 4.69) is 5.10 Å². The fourth-order valence-electron chi connectivity index (χ4n) is 1.15. The molecule has 2 aromatic rings. The normalized spacial score (nSPS) is 10.5. The van der Waals surface area contributed by atoms with Gasteiger partial charge in [0.2, 0.25) is 0 Å². The van der Waals surface area contributed by atoms with E-state index >= 15 is 0 Å². The second-order valence-electron chi connectivity index (χ2n) is 3.04. The zero-order valence-electron chi connectivity index (χ0n) is 7.58. The minimum Gasteiger partial charge on any atom is -0.423 e. The van der Waals surface area contributed by atoms with Crippen LogP contribution in [-0.4, -0.2) is 26.9 Å². The van der Waals surface area contributed by atoms with Gasteiger partial charge in [-0.1, -0.05) is 0 Å². The highest BCUT2D eigenvalue weighted by molar-refractivity contribution is 7.20. The Hall–Kier alpha value is -1.11. The molecular formula is C8H9BN2O2S. The standard InChI is InChI=1S/C8H9BN2O2S/c1-6-3-10-11(4-6)7-2-8(9(12)13)14-5-7/h2-5,12-13H,1H3. The fourth-order valence-corrected chi connectivity index (χ4v) is 1.90. The number of thiophene rings is 1. The van der Waals surface area contributed by atoms with E-state index < -0.39 is 7.12 Å². The summed E-state index contributed by atoms with van der Waals surface area (Å²) < 4.78 is 2.23. The molecule has 2 heterocycles. The smallest absolute Gasteiger partial charge is 0.423 e. The Labute approximate surface area is 85.6 Å². The Kier molecular flexibility index (Phi) is 2.41. The van der Waals surface area contributed by atoms with Crippen LogP contribution >= 0.6 is 11.3 Å². The Morgan fingerprint density at radius 3 is 2.79 bits per heavy atom. The van der Waals surface area contributed by atoms with Crippen LogP contribution in [0, 0.1) is 6.92 Å². The van der Waals surface area contributed by atoms with Gasteiger partial charge in [0.05, 0.1) is 11.9 Å². The summed E-state index contributed by atoms with van der Waals surface area (Å²) in [5.74, 6) is 0. The lowest BCUT2D eigenvalue weighted by atomic mass is 9.89. The van der Waals surface area contributed by atoms with E-state index in [1.807, 2.05) is 18.5 Å². The summed E-state index contributed by atoms with van der Waals surface area (Å²) in [6.45, 7) is 1.96. The molecule has 0 fully saturated rings. The molecule has 0 radical (unpaired) electrons. The van der Waals surface area contributed by atoms with E-state index in [-0.39, 0.29) is 0 Å². The molecule has 2 N–H and O–H groups in total. The van der Waals surface area contributed by atoms with Crippen LogP contribution in [0.4, 0.5) is 0 Å². The van der Waals surface area contributed by atoms with Crippen molar-refractivity contribution >= 4 is 23.2 Å². The third kappa shape index (κ3) is 1.72. The zero-order valence-corrected chi connectivity index (χ0v) is 8.40. The predicted molar refractivity (Wildman–Crippen MR) is 56.0 cm³/mol. The maximum atomic E-state index is 8.93. The highest BCUT2D eigenvalue weighted by Crippen LogP contribution is 2.10. The first-order valence-corrected chi connectivity index (χ1v) is 5.01. The lowest BCUT2D eigenvalue weighted by Gasteiger charge is -1.94. The van der Waals surface area contributed by atoms with Gasteiger partial charge < -0.3 is 10.0 Å². The molecule has 0 aliphatic carbocycles. The highest BCUT2D eigenvalue weighted by atomic mass is 32.1. The van der Waals surface area contributed by atoms with Crippen LogP contribution in [0.25, 0.3) is 5.69 Å². The molecule has 72 valence electrons. The van der Waals surface area contributed by atoms with Crippen molar-refractivity contribution in [3.8, 4) is 5.69 Å². The number of aromatic nitrogens is 2. The van der Waals surface area contributed by atoms with Gasteiger partial charge in [0.1, 0.15) is 0 Å². The molecule has 0 unspecified atom stereocenters. The van der Waals surface area contributed by atoms with E-state index in [0.717, 1.165) is 11.3 Å². The van der Waals surface area contributed by atoms with Crippen molar-refractivity contribution in [3.63, 3.8) is 0 Å². The average Bonchev–Trinajstić information content (AvgIpc) is 2.70. The Bertz CT molecular complexity index is 438. The van der Waals surface area contributed by atoms with Crippen LogP contribution in [0.5, 0.6) is 0 Å². The van der Waals surface area contributed by atoms with Crippen molar-refractivity contribution in [1.29, 1.82) is 0 Å². The van der Waals surface area contributed by atoms with Crippen LogP contribution in [0.15, 0.2) is 23.8 Å². The van der Waals surface area contributed by atoms with E-state index in [0.29, 0.717) is 4.78 Å². The van der Waals surface area contributed by atoms with Gasteiger partial charge in [-0.15, -0.1) is 0 Å². The van der Waals surface area contributed by atoms with E-state index in [4.69, 9.17) is 10.0 Å². The molecule has 0 saturated carbocycles. The first kappa shape index (κ1) is 9.45. The molecule has 0 amide bonds. The quantitative estimate of drug-likeness (QED) is 0.678. The summed E-state index contributed by atoms with van der Waals surface area (Å²) in [6.07, 6.45) is 3.64. The Balaban J connectivity index is 2.33. The van der Waals surface area contributed by atoms with E-state index in [1.54, 1.807) is 16.9 Å². The largest absolute Gasteiger partial charge is 0.499 e. The first-order chi connectivity index (χ1) is 6.66. The summed E-state index contributed by atoms with van der Waals surface area (Å²) in [7, 11) is -1.40. The lowest BCUT2D eigenvalue weighted by molar-refractivity contribution is 0.427. The number of hydrogen-bond acceptors (Lipinski definition) is 4. The molecule has 0 aliphatic heterocycles. The van der Waals surface area contributed by atoms with Crippen molar-refractivity contribution in [1.82, 2.24) is 9.78 Å². The minimum absolute atomic E-state index is 0.521. The molecular weight excluding hydrogens is 199 g/mol. The van der Waals surface area contributed by atoms with Crippen LogP contribution < -0.4 is 4.78 Å². The van der Waals surface area contributed by atoms with Gasteiger partial charge in [0, 0.05) is 16.4 Å². The molecule has 4 nitrogen and oxygen atoms in total. The van der Waals surface area contributed by atoms with Crippen LogP contribution in [0.3, 0.4) is 0 Å². The Morgan fingerprint density at radius 1 is 1.50 bits per heavy atom. The molecule has 6 heteroatoms. The molecule has 0 aliphatic rings. The monoisotopic (exact) mass is 208 g/mol. The molecule has 0 aromatic carbocycles. The van der Waals surface area contributed by atoms with Crippen molar-refractivity contribution < 1.29 is 10.0 Å². The predicted octanol–water partition coefficient (Wildman–Crippen LogP) is -0.0780. The third-order valence-corrected chi connectivity index (χ3v) is 2.80. The van der Waals surface area contributed by atoms with Gasteiger partial charge in [-0.3, -0.25) is 0 Å². The summed E-state index contributed by atoms with van der Waals surface area (Å²) in [5.41, 5.74) is 1.92. The molecule has 2 aromatic heterocycles. The minimum atomic E-state index is -1.40. The second kappa shape index (κ2) is 3.57. The van der Waals surface area contributed by atoms with Gasteiger partial charge in [0.15, 0.2) is 0 Å². The molecule has 0 saturated heterocycles. The average molecular weight is 208 g/mol. The maximum absolute atomic E-state index is 8.93. The van der Waals surface area contributed by atoms with E-state index in [1.165, 1.54) is 11.3 Å². The van der Waals surface area contributed by atoms with Gasteiger partial charge in [0.25, 0.3) is 0 Å². The molecule has 2 rings (SSSR count). The van der Waals surface area contributed by atoms with Crippen molar-refractivity contribution in [3.05, 3.63) is 29.4 Å². The lowest BCUT2D eigenvalue weighted by Crippen LogP contribution is -2.26. The Morgan fingerprint density at radius 2 is 2.29 bits per heavy atom. The van der Waals surface area contributed by atoms with Crippen LogP contribution in [-0.2, 0) is 0 Å². The summed E-state index contributed by atoms with van der Waals surface area (Å²) >= 11 is 1.30. The SMILES string of the molecule is Cc1cnn(-c2csc(B(O)O)c2)c1. The van der Waals surface area contributed by atoms with Gasteiger partial charge in [-0.25, -0.2) is 4.68 Å². The maximum Gasteiger partial charge on any atom is 0.499 e. The van der Waals surface area contributed by atoms with Gasteiger partial charge in [-0.2, -0.15) is 16.4 Å². The molecule has 0 spiro atoms. The molecule has 0 atom stereocenters. The van der Waals surface area contributed by atoms with Crippen LogP contribution in [0.1, 0.15) is 5.56 Å². The number of rotatable bonds is 2. The zero-order chi connectivity index (χ0) is 10.1. The van der Waals surface area contributed by atoms with Crippen molar-refractivity contribution in [2.45, 2.75) is 6.92 Å². The topological polar surface area (TPSA) is 58.3 Å². The fraction of sp³-hybridized carbons (Fsp3) is 0.125. The van der Waals surface area contributed by atoms with Crippen LogP contribution in [0.2, 0.25) is 0 Å². The summed E-state index contributed by atoms with van der Waals surface area (Å²) in [5, 5.41) is 23.8. The molecule has 14 heavy (non-hydrogen) atoms. The molecule has 0 bridgehead atoms. The second-order valence-corrected chi connectivity index (χ2v) is 3.99. The van der Waals surface area contributed by atoms with Gasteiger partial charge in [-0.05, 0) is 18.6 Å². The number of nitrogens with zero attached hydrogens (tertiary/aromatic N) is 2. The highest BCUT2D eigenvalue weighted by Gasteiger charge is 2.14. The van der Waals surface area contributed by atoms with Gasteiger partial charge >= 0.3 is 7.12 Å².